The Balaban J connectivity index is 2.20. The summed E-state index contributed by atoms with van der Waals surface area (Å²) in [7, 11) is -4.19. The maximum atomic E-state index is 13.7. The van der Waals surface area contributed by atoms with Gasteiger partial charge in [-0.3, -0.25) is 4.98 Å². The van der Waals surface area contributed by atoms with Gasteiger partial charge in [-0.2, -0.15) is 39.5 Å². The maximum Gasteiger partial charge on any atom is 0.433 e. The molecular weight excluding hydrogens is 491 g/mol. The Labute approximate surface area is 181 Å². The van der Waals surface area contributed by atoms with E-state index in [4.69, 9.17) is 5.14 Å². The Bertz CT molecular complexity index is 1160. The van der Waals surface area contributed by atoms with E-state index in [1.807, 2.05) is 0 Å². The first kappa shape index (κ1) is 25.0. The fraction of sp³-hybridized carbons (Fsp3) is 0.316. The highest BCUT2D eigenvalue weighted by Gasteiger charge is 2.72. The van der Waals surface area contributed by atoms with E-state index in [0.717, 1.165) is 30.3 Å². The molecule has 0 unspecified atom stereocenters. The van der Waals surface area contributed by atoms with Crippen molar-refractivity contribution in [3.63, 3.8) is 0 Å². The summed E-state index contributed by atoms with van der Waals surface area (Å²) in [4.78, 5) is 2.69. The monoisotopic (exact) mass is 504 g/mol. The lowest BCUT2D eigenvalue weighted by molar-refractivity contribution is -0.335. The fourth-order valence-corrected chi connectivity index (χ4v) is 4.09. The summed E-state index contributed by atoms with van der Waals surface area (Å²) in [5.41, 5.74) is -7.05. The van der Waals surface area contributed by atoms with E-state index < -0.39 is 68.5 Å². The van der Waals surface area contributed by atoms with Crippen LogP contribution in [0.5, 0.6) is 0 Å². The number of hydrogen-bond donors (Lipinski definition) is 1. The predicted molar refractivity (Wildman–Crippen MR) is 97.6 cm³/mol. The largest absolute Gasteiger partial charge is 0.433 e. The molecule has 0 saturated heterocycles. The molecule has 4 nitrogen and oxygen atoms in total. The van der Waals surface area contributed by atoms with E-state index in [2.05, 4.69) is 4.98 Å². The number of aromatic nitrogens is 1. The molecule has 0 atom stereocenters. The minimum atomic E-state index is -5.74. The van der Waals surface area contributed by atoms with Crippen molar-refractivity contribution >= 4 is 21.2 Å². The van der Waals surface area contributed by atoms with Crippen molar-refractivity contribution in [1.82, 2.24) is 4.98 Å². The van der Waals surface area contributed by atoms with Gasteiger partial charge in [0.15, 0.2) is 5.41 Å². The highest BCUT2D eigenvalue weighted by Crippen LogP contribution is 2.64. The molecule has 0 bridgehead atoms. The average molecular weight is 504 g/mol. The van der Waals surface area contributed by atoms with Gasteiger partial charge < -0.3 is 0 Å². The summed E-state index contributed by atoms with van der Waals surface area (Å²) in [5.74, 6) is 0. The summed E-state index contributed by atoms with van der Waals surface area (Å²) in [6.45, 7) is 0. The lowest BCUT2D eigenvalue weighted by Gasteiger charge is -2.34. The first-order chi connectivity index (χ1) is 14.9. The smallest absolute Gasteiger partial charge is 0.251 e. The minimum Gasteiger partial charge on any atom is -0.251 e. The van der Waals surface area contributed by atoms with Crippen LogP contribution in [0.3, 0.4) is 0 Å². The van der Waals surface area contributed by atoms with Crippen LogP contribution in [0.1, 0.15) is 29.7 Å². The Kier molecular flexibility index (Phi) is 5.85. The van der Waals surface area contributed by atoms with E-state index in [0.29, 0.717) is 12.3 Å². The van der Waals surface area contributed by atoms with Crippen LogP contribution in [0.2, 0.25) is 0 Å². The van der Waals surface area contributed by atoms with Crippen LogP contribution in [-0.2, 0) is 16.2 Å². The summed E-state index contributed by atoms with van der Waals surface area (Å²) < 4.78 is 143. The predicted octanol–water partition coefficient (Wildman–Crippen LogP) is 5.56. The first-order valence-corrected chi connectivity index (χ1v) is 10.4. The van der Waals surface area contributed by atoms with Gasteiger partial charge in [-0.1, -0.05) is 18.2 Å². The fourth-order valence-electron chi connectivity index (χ4n) is 3.58. The van der Waals surface area contributed by atoms with E-state index in [1.54, 1.807) is 0 Å². The zero-order valence-corrected chi connectivity index (χ0v) is 16.9. The third kappa shape index (κ3) is 4.58. The second-order valence-electron chi connectivity index (χ2n) is 7.39. The van der Waals surface area contributed by atoms with Crippen molar-refractivity contribution in [3.8, 4) is 0 Å². The SMILES string of the molecule is NS(=O)(=O)c1ccc(C2=C(c3ccc(C(F)(F)F)nc3)CC(C(F)(F)F)(C(F)(F)F)C2)cc1. The number of primary sulfonamides is 1. The van der Waals surface area contributed by atoms with Crippen LogP contribution >= 0.6 is 0 Å². The van der Waals surface area contributed by atoms with E-state index in [1.165, 1.54) is 0 Å². The molecule has 180 valence electrons. The second kappa shape index (κ2) is 7.72. The molecule has 2 aromatic rings. The van der Waals surface area contributed by atoms with Crippen molar-refractivity contribution in [2.45, 2.75) is 36.3 Å². The molecule has 2 N–H and O–H groups in total. The van der Waals surface area contributed by atoms with Crippen molar-refractivity contribution in [2.24, 2.45) is 10.6 Å². The summed E-state index contributed by atoms with van der Waals surface area (Å²) in [5, 5.41) is 4.95. The number of halogens is 9. The molecule has 0 amide bonds. The molecule has 14 heteroatoms. The number of pyridine rings is 1. The lowest BCUT2D eigenvalue weighted by atomic mass is 9.81. The quantitative estimate of drug-likeness (QED) is 0.556. The normalized spacial score (nSPS) is 17.5. The second-order valence-corrected chi connectivity index (χ2v) is 8.95. The van der Waals surface area contributed by atoms with Gasteiger partial charge in [0.05, 0.1) is 4.90 Å². The number of sulfonamides is 1. The number of allylic oxidation sites excluding steroid dienone is 2. The highest BCUT2D eigenvalue weighted by molar-refractivity contribution is 7.89. The van der Waals surface area contributed by atoms with Crippen LogP contribution in [0, 0.1) is 5.41 Å². The van der Waals surface area contributed by atoms with Crippen molar-refractivity contribution in [2.75, 3.05) is 0 Å². The number of nitrogens with zero attached hydrogens (tertiary/aromatic N) is 1. The van der Waals surface area contributed by atoms with Crippen molar-refractivity contribution in [1.29, 1.82) is 0 Å². The Morgan fingerprint density at radius 2 is 1.21 bits per heavy atom. The van der Waals surface area contributed by atoms with Crippen LogP contribution in [-0.4, -0.2) is 25.8 Å². The molecule has 0 fully saturated rings. The van der Waals surface area contributed by atoms with Gasteiger partial charge in [0, 0.05) is 6.20 Å². The third-order valence-electron chi connectivity index (χ3n) is 5.34. The molecule has 0 spiro atoms. The van der Waals surface area contributed by atoms with Crippen molar-refractivity contribution in [3.05, 3.63) is 59.4 Å². The molecule has 1 aliphatic rings. The number of nitrogens with two attached hydrogens (primary N) is 1. The average Bonchev–Trinajstić information content (AvgIpc) is 3.09. The highest BCUT2D eigenvalue weighted by atomic mass is 32.2. The van der Waals surface area contributed by atoms with Crippen LogP contribution < -0.4 is 5.14 Å². The summed E-state index contributed by atoms with van der Waals surface area (Å²) >= 11 is 0. The van der Waals surface area contributed by atoms with Gasteiger partial charge in [0.2, 0.25) is 10.0 Å². The molecule has 0 radical (unpaired) electrons. The Hall–Kier alpha value is -2.61. The molecule has 1 heterocycles. The zero-order chi connectivity index (χ0) is 25.0. The van der Waals surface area contributed by atoms with Crippen LogP contribution in [0.15, 0.2) is 47.5 Å². The zero-order valence-electron chi connectivity index (χ0n) is 16.1. The van der Waals surface area contributed by atoms with E-state index in [-0.39, 0.29) is 11.1 Å². The molecule has 1 aromatic heterocycles. The van der Waals surface area contributed by atoms with Gasteiger partial charge in [0.1, 0.15) is 5.69 Å². The number of alkyl halides is 9. The van der Waals surface area contributed by atoms with E-state index >= 15 is 0 Å². The molecular formula is C19H13F9N2O2S. The maximum absolute atomic E-state index is 13.7. The Morgan fingerprint density at radius 1 is 0.758 bits per heavy atom. The van der Waals surface area contributed by atoms with Crippen LogP contribution in [0.25, 0.3) is 11.1 Å². The molecule has 0 aliphatic heterocycles. The molecule has 3 rings (SSSR count). The Morgan fingerprint density at radius 3 is 1.58 bits per heavy atom. The number of rotatable bonds is 3. The molecule has 1 aromatic carbocycles. The standard InChI is InChI=1S/C19H13F9N2O2S/c20-17(21,22)15-6-3-11(9-30-15)14-8-16(18(23,24)25,19(26,27)28)7-13(14)10-1-4-12(5-2-10)33(29,31)32/h1-6,9H,7-8H2,(H2,29,31,32). The first-order valence-electron chi connectivity index (χ1n) is 8.89. The topological polar surface area (TPSA) is 73.1 Å². The minimum absolute atomic E-state index is 0.173. The van der Waals surface area contributed by atoms with E-state index in [9.17, 15) is 47.9 Å². The van der Waals surface area contributed by atoms with Gasteiger partial charge in [-0.25, -0.2) is 13.6 Å². The van der Waals surface area contributed by atoms with Gasteiger partial charge >= 0.3 is 18.5 Å². The summed E-state index contributed by atoms with van der Waals surface area (Å²) in [6, 6.07) is 4.96. The number of hydrogen-bond acceptors (Lipinski definition) is 3. The number of benzene rings is 1. The molecule has 1 aliphatic carbocycles. The van der Waals surface area contributed by atoms with Crippen LogP contribution in [0.4, 0.5) is 39.5 Å². The molecule has 33 heavy (non-hydrogen) atoms. The lowest BCUT2D eigenvalue weighted by Crippen LogP contribution is -2.48. The summed E-state index contributed by atoms with van der Waals surface area (Å²) in [6.07, 6.45) is -18.9. The molecule has 0 saturated carbocycles. The third-order valence-corrected chi connectivity index (χ3v) is 6.27. The van der Waals surface area contributed by atoms with Gasteiger partial charge in [-0.15, -0.1) is 0 Å². The van der Waals surface area contributed by atoms with Crippen molar-refractivity contribution < 1.29 is 47.9 Å². The van der Waals surface area contributed by atoms with Gasteiger partial charge in [0.25, 0.3) is 0 Å². The van der Waals surface area contributed by atoms with Gasteiger partial charge in [-0.05, 0) is 53.3 Å².